The van der Waals surface area contributed by atoms with Gasteiger partial charge in [-0.05, 0) is 19.6 Å². The lowest BCUT2D eigenvalue weighted by Crippen LogP contribution is -2.15. The van der Waals surface area contributed by atoms with Gasteiger partial charge in [0.05, 0.1) is 6.61 Å². The van der Waals surface area contributed by atoms with Crippen LogP contribution in [0, 0.1) is 5.92 Å². The number of nitrogens with one attached hydrogen (secondary N) is 2. The van der Waals surface area contributed by atoms with E-state index in [9.17, 15) is 0 Å². The lowest BCUT2D eigenvalue weighted by Gasteiger charge is -2.12. The molecule has 1 aliphatic heterocycles. The number of nitrogens with zero attached hydrogens (tertiary/aromatic N) is 2. The van der Waals surface area contributed by atoms with Crippen molar-refractivity contribution in [2.75, 3.05) is 43.2 Å². The summed E-state index contributed by atoms with van der Waals surface area (Å²) in [6.07, 6.45) is 3.12. The number of aromatic nitrogens is 2. The van der Waals surface area contributed by atoms with E-state index >= 15 is 0 Å². The highest BCUT2D eigenvalue weighted by atomic mass is 32.2. The van der Waals surface area contributed by atoms with E-state index < -0.39 is 0 Å². The third-order valence-corrected chi connectivity index (χ3v) is 3.39. The van der Waals surface area contributed by atoms with Gasteiger partial charge in [-0.15, -0.1) is 0 Å². The fraction of sp³-hybridized carbons (Fsp3) is 0.667. The molecule has 2 heterocycles. The largest absolute Gasteiger partial charge is 0.381 e. The van der Waals surface area contributed by atoms with Crippen molar-refractivity contribution in [3.8, 4) is 0 Å². The maximum atomic E-state index is 5.36. The number of hydrogen-bond acceptors (Lipinski definition) is 6. The maximum absolute atomic E-state index is 5.36. The second kappa shape index (κ2) is 6.80. The van der Waals surface area contributed by atoms with E-state index in [-0.39, 0.29) is 0 Å². The fourth-order valence-corrected chi connectivity index (χ4v) is 2.25. The highest BCUT2D eigenvalue weighted by molar-refractivity contribution is 7.98. The van der Waals surface area contributed by atoms with Crippen LogP contribution < -0.4 is 10.6 Å². The average Bonchev–Trinajstić information content (AvgIpc) is 2.89. The molecule has 1 fully saturated rings. The second-order valence-electron chi connectivity index (χ2n) is 4.27. The zero-order chi connectivity index (χ0) is 12.8. The SMILES string of the molecule is CCNc1cc(NCC2CCOC2)nc(SC)n1. The average molecular weight is 268 g/mol. The smallest absolute Gasteiger partial charge is 0.191 e. The molecule has 2 rings (SSSR count). The summed E-state index contributed by atoms with van der Waals surface area (Å²) in [5, 5.41) is 7.39. The first-order valence-electron chi connectivity index (χ1n) is 6.30. The van der Waals surface area contributed by atoms with Gasteiger partial charge in [-0.3, -0.25) is 0 Å². The Morgan fingerprint density at radius 3 is 2.78 bits per heavy atom. The Kier molecular flexibility index (Phi) is 5.07. The van der Waals surface area contributed by atoms with Crippen molar-refractivity contribution in [2.24, 2.45) is 5.92 Å². The zero-order valence-electron chi connectivity index (χ0n) is 10.9. The molecule has 0 amide bonds. The van der Waals surface area contributed by atoms with Gasteiger partial charge in [0.1, 0.15) is 11.6 Å². The molecule has 0 radical (unpaired) electrons. The van der Waals surface area contributed by atoms with Gasteiger partial charge in [0.15, 0.2) is 5.16 Å². The molecule has 5 nitrogen and oxygen atoms in total. The molecule has 100 valence electrons. The molecule has 0 aromatic carbocycles. The minimum Gasteiger partial charge on any atom is -0.381 e. The van der Waals surface area contributed by atoms with Crippen LogP contribution in [-0.4, -0.2) is 42.5 Å². The first-order chi connectivity index (χ1) is 8.81. The summed E-state index contributed by atoms with van der Waals surface area (Å²) in [6, 6.07) is 1.96. The molecule has 2 N–H and O–H groups in total. The van der Waals surface area contributed by atoms with Crippen molar-refractivity contribution in [1.82, 2.24) is 9.97 Å². The van der Waals surface area contributed by atoms with Crippen molar-refractivity contribution in [3.05, 3.63) is 6.07 Å². The van der Waals surface area contributed by atoms with Gasteiger partial charge in [-0.25, -0.2) is 9.97 Å². The molecule has 1 atom stereocenters. The van der Waals surface area contributed by atoms with Gasteiger partial charge in [-0.1, -0.05) is 11.8 Å². The van der Waals surface area contributed by atoms with Crippen molar-refractivity contribution < 1.29 is 4.74 Å². The Hall–Kier alpha value is -1.01. The molecule has 1 unspecified atom stereocenters. The van der Waals surface area contributed by atoms with Gasteiger partial charge < -0.3 is 15.4 Å². The Labute approximate surface area is 112 Å². The Morgan fingerprint density at radius 2 is 2.17 bits per heavy atom. The van der Waals surface area contributed by atoms with Gasteiger partial charge in [0.25, 0.3) is 0 Å². The van der Waals surface area contributed by atoms with Gasteiger partial charge in [-0.2, -0.15) is 0 Å². The molecule has 1 aliphatic rings. The number of hydrogen-bond donors (Lipinski definition) is 2. The molecular formula is C12H20N4OS. The van der Waals surface area contributed by atoms with Crippen LogP contribution in [0.5, 0.6) is 0 Å². The van der Waals surface area contributed by atoms with Crippen molar-refractivity contribution in [1.29, 1.82) is 0 Å². The molecule has 1 aromatic rings. The predicted octanol–water partition coefficient (Wildman–Crippen LogP) is 2.08. The van der Waals surface area contributed by atoms with E-state index in [0.717, 1.165) is 49.5 Å². The van der Waals surface area contributed by atoms with Crippen LogP contribution in [0.2, 0.25) is 0 Å². The standard InChI is InChI=1S/C12H20N4OS/c1-3-13-10-6-11(16-12(15-10)18-2)14-7-9-4-5-17-8-9/h6,9H,3-5,7-8H2,1-2H3,(H2,13,14,15,16). The molecule has 1 aromatic heterocycles. The monoisotopic (exact) mass is 268 g/mol. The second-order valence-corrected chi connectivity index (χ2v) is 5.04. The topological polar surface area (TPSA) is 59.1 Å². The molecular weight excluding hydrogens is 248 g/mol. The normalized spacial score (nSPS) is 18.9. The van der Waals surface area contributed by atoms with Gasteiger partial charge in [0, 0.05) is 31.7 Å². The highest BCUT2D eigenvalue weighted by Gasteiger charge is 2.15. The highest BCUT2D eigenvalue weighted by Crippen LogP contribution is 2.18. The Balaban J connectivity index is 1.98. The number of ether oxygens (including phenoxy) is 1. The zero-order valence-corrected chi connectivity index (χ0v) is 11.7. The van der Waals surface area contributed by atoms with Crippen LogP contribution in [0.15, 0.2) is 11.2 Å². The lowest BCUT2D eigenvalue weighted by atomic mass is 10.1. The number of thioether (sulfide) groups is 1. The Morgan fingerprint density at radius 1 is 1.39 bits per heavy atom. The van der Waals surface area contributed by atoms with Crippen LogP contribution >= 0.6 is 11.8 Å². The quantitative estimate of drug-likeness (QED) is 0.608. The van der Waals surface area contributed by atoms with E-state index in [1.807, 2.05) is 12.3 Å². The minimum absolute atomic E-state index is 0.597. The number of rotatable bonds is 6. The van der Waals surface area contributed by atoms with E-state index in [4.69, 9.17) is 4.74 Å². The lowest BCUT2D eigenvalue weighted by molar-refractivity contribution is 0.187. The first kappa shape index (κ1) is 13.4. The summed E-state index contributed by atoms with van der Waals surface area (Å²) in [7, 11) is 0. The van der Waals surface area contributed by atoms with E-state index in [1.54, 1.807) is 11.8 Å². The fourth-order valence-electron chi connectivity index (χ4n) is 1.87. The van der Waals surface area contributed by atoms with Crippen LogP contribution in [0.1, 0.15) is 13.3 Å². The first-order valence-corrected chi connectivity index (χ1v) is 7.53. The summed E-state index contributed by atoms with van der Waals surface area (Å²) in [5.41, 5.74) is 0. The minimum atomic E-state index is 0.597. The molecule has 6 heteroatoms. The third-order valence-electron chi connectivity index (χ3n) is 2.84. The van der Waals surface area contributed by atoms with E-state index in [1.165, 1.54) is 0 Å². The van der Waals surface area contributed by atoms with Crippen LogP contribution in [-0.2, 0) is 4.74 Å². The van der Waals surface area contributed by atoms with Crippen LogP contribution in [0.3, 0.4) is 0 Å². The van der Waals surface area contributed by atoms with Crippen LogP contribution in [0.25, 0.3) is 0 Å². The van der Waals surface area contributed by atoms with Crippen molar-refractivity contribution in [3.63, 3.8) is 0 Å². The molecule has 0 bridgehead atoms. The predicted molar refractivity (Wildman–Crippen MR) is 75.4 cm³/mol. The van der Waals surface area contributed by atoms with Crippen molar-refractivity contribution >= 4 is 23.4 Å². The van der Waals surface area contributed by atoms with Gasteiger partial charge in [0.2, 0.25) is 0 Å². The summed E-state index contributed by atoms with van der Waals surface area (Å²) < 4.78 is 5.36. The summed E-state index contributed by atoms with van der Waals surface area (Å²) in [4.78, 5) is 8.85. The van der Waals surface area contributed by atoms with Gasteiger partial charge >= 0.3 is 0 Å². The molecule has 0 saturated carbocycles. The third kappa shape index (κ3) is 3.74. The summed E-state index contributed by atoms with van der Waals surface area (Å²) >= 11 is 1.55. The number of anilines is 2. The summed E-state index contributed by atoms with van der Waals surface area (Å²) in [5.74, 6) is 2.36. The molecule has 18 heavy (non-hydrogen) atoms. The Bertz CT molecular complexity index is 382. The molecule has 1 saturated heterocycles. The maximum Gasteiger partial charge on any atom is 0.191 e. The van der Waals surface area contributed by atoms with Crippen LogP contribution in [0.4, 0.5) is 11.6 Å². The molecule has 0 aliphatic carbocycles. The molecule has 0 spiro atoms. The summed E-state index contributed by atoms with van der Waals surface area (Å²) in [6.45, 7) is 5.57. The van der Waals surface area contributed by atoms with Crippen molar-refractivity contribution in [2.45, 2.75) is 18.5 Å². The van der Waals surface area contributed by atoms with E-state index in [2.05, 4.69) is 27.5 Å². The van der Waals surface area contributed by atoms with E-state index in [0.29, 0.717) is 5.92 Å².